The Morgan fingerprint density at radius 2 is 2.20 bits per heavy atom. The molecule has 0 spiro atoms. The number of carbonyl (C=O) groups excluding carboxylic acids is 1. The number of aromatic nitrogens is 1. The number of hydrogen-bond donors (Lipinski definition) is 0. The van der Waals surface area contributed by atoms with Crippen LogP contribution in [0.3, 0.4) is 0 Å². The predicted octanol–water partition coefficient (Wildman–Crippen LogP) is 2.24. The number of nitrogens with zero attached hydrogens (tertiary/aromatic N) is 1. The van der Waals surface area contributed by atoms with Gasteiger partial charge in [-0.2, -0.15) is 0 Å². The summed E-state index contributed by atoms with van der Waals surface area (Å²) >= 11 is 0. The summed E-state index contributed by atoms with van der Waals surface area (Å²) in [6.45, 7) is 0.431. The summed E-state index contributed by atoms with van der Waals surface area (Å²) in [5.41, 5.74) is 1.37. The van der Waals surface area contributed by atoms with Crippen LogP contribution in [0.25, 0.3) is 0 Å². The van der Waals surface area contributed by atoms with E-state index in [1.807, 2.05) is 12.1 Å². The van der Waals surface area contributed by atoms with E-state index in [0.29, 0.717) is 29.5 Å². The smallest absolute Gasteiger partial charge is 0.213 e. The van der Waals surface area contributed by atoms with Gasteiger partial charge >= 0.3 is 0 Å². The number of fused-ring (bicyclic) bond motifs is 1. The highest BCUT2D eigenvalue weighted by Gasteiger charge is 2.21. The summed E-state index contributed by atoms with van der Waals surface area (Å²) in [6.07, 6.45) is 0. The van der Waals surface area contributed by atoms with Crippen molar-refractivity contribution in [3.05, 3.63) is 47.7 Å². The fourth-order valence-corrected chi connectivity index (χ4v) is 1.97. The van der Waals surface area contributed by atoms with Crippen molar-refractivity contribution in [2.45, 2.75) is 6.61 Å². The number of ketones is 1. The van der Waals surface area contributed by atoms with Crippen LogP contribution in [0.1, 0.15) is 16.1 Å². The molecule has 102 valence electrons. The average Bonchev–Trinajstić information content (AvgIpc) is 2.86. The van der Waals surface area contributed by atoms with Crippen LogP contribution in [0.15, 0.2) is 36.4 Å². The molecule has 2 heterocycles. The molecule has 0 N–H and O–H groups in total. The van der Waals surface area contributed by atoms with Gasteiger partial charge in [0.25, 0.3) is 0 Å². The van der Waals surface area contributed by atoms with Gasteiger partial charge in [-0.1, -0.05) is 6.07 Å². The summed E-state index contributed by atoms with van der Waals surface area (Å²) in [4.78, 5) is 15.7. The summed E-state index contributed by atoms with van der Waals surface area (Å²) in [7, 11) is 1.57. The molecule has 1 aliphatic rings. The lowest BCUT2D eigenvalue weighted by molar-refractivity contribution is 0.0961. The second-order valence-electron chi connectivity index (χ2n) is 4.33. The van der Waals surface area contributed by atoms with Gasteiger partial charge in [-0.25, -0.2) is 4.98 Å². The van der Waals surface area contributed by atoms with Gasteiger partial charge in [-0.15, -0.1) is 0 Å². The lowest BCUT2D eigenvalue weighted by Crippen LogP contribution is -1.99. The SMILES string of the molecule is COc1cccc(COc2ccc3c(c2)OCC3=O)n1. The topological polar surface area (TPSA) is 57.7 Å². The zero-order valence-corrected chi connectivity index (χ0v) is 11.0. The highest BCUT2D eigenvalue weighted by molar-refractivity contribution is 6.02. The first-order valence-electron chi connectivity index (χ1n) is 6.19. The van der Waals surface area contributed by atoms with Crippen molar-refractivity contribution < 1.29 is 19.0 Å². The highest BCUT2D eigenvalue weighted by Crippen LogP contribution is 2.29. The van der Waals surface area contributed by atoms with E-state index in [1.165, 1.54) is 0 Å². The molecule has 0 aliphatic carbocycles. The molecule has 1 aliphatic heterocycles. The van der Waals surface area contributed by atoms with Gasteiger partial charge in [-0.05, 0) is 18.2 Å². The van der Waals surface area contributed by atoms with Crippen molar-refractivity contribution in [2.75, 3.05) is 13.7 Å². The van der Waals surface area contributed by atoms with Crippen molar-refractivity contribution in [3.63, 3.8) is 0 Å². The Morgan fingerprint density at radius 1 is 1.30 bits per heavy atom. The van der Waals surface area contributed by atoms with E-state index in [-0.39, 0.29) is 12.4 Å². The van der Waals surface area contributed by atoms with E-state index >= 15 is 0 Å². The average molecular weight is 271 g/mol. The molecule has 20 heavy (non-hydrogen) atoms. The maximum absolute atomic E-state index is 11.4. The molecular formula is C15H13NO4. The first kappa shape index (κ1) is 12.5. The largest absolute Gasteiger partial charge is 0.487 e. The standard InChI is InChI=1S/C15H13NO4/c1-18-15-4-2-3-10(16-15)8-19-11-5-6-12-13(17)9-20-14(12)7-11/h2-7H,8-9H2,1H3. The lowest BCUT2D eigenvalue weighted by atomic mass is 10.1. The number of methoxy groups -OCH3 is 1. The van der Waals surface area contributed by atoms with Crippen molar-refractivity contribution in [1.29, 1.82) is 0 Å². The number of carbonyl (C=O) groups is 1. The third-order valence-electron chi connectivity index (χ3n) is 2.99. The normalized spacial score (nSPS) is 12.8. The van der Waals surface area contributed by atoms with E-state index in [4.69, 9.17) is 14.2 Å². The van der Waals surface area contributed by atoms with Crippen molar-refractivity contribution in [1.82, 2.24) is 4.98 Å². The third kappa shape index (κ3) is 2.42. The van der Waals surface area contributed by atoms with Crippen LogP contribution in [0.2, 0.25) is 0 Å². The van der Waals surface area contributed by atoms with Gasteiger partial charge in [0.15, 0.2) is 6.61 Å². The van der Waals surface area contributed by atoms with Crippen LogP contribution in [0, 0.1) is 0 Å². The minimum absolute atomic E-state index is 0.000937. The zero-order valence-electron chi connectivity index (χ0n) is 11.0. The minimum atomic E-state index is 0.000937. The van der Waals surface area contributed by atoms with Crippen LogP contribution in [-0.2, 0) is 6.61 Å². The molecule has 0 saturated carbocycles. The van der Waals surface area contributed by atoms with Crippen molar-refractivity contribution in [3.8, 4) is 17.4 Å². The second kappa shape index (κ2) is 5.21. The Labute approximate surface area is 116 Å². The number of rotatable bonds is 4. The molecular weight excluding hydrogens is 258 g/mol. The first-order chi connectivity index (χ1) is 9.76. The Morgan fingerprint density at radius 3 is 3.05 bits per heavy atom. The zero-order chi connectivity index (χ0) is 13.9. The maximum Gasteiger partial charge on any atom is 0.213 e. The molecule has 5 nitrogen and oxygen atoms in total. The Bertz CT molecular complexity index is 654. The lowest BCUT2D eigenvalue weighted by Gasteiger charge is -2.07. The monoisotopic (exact) mass is 271 g/mol. The summed E-state index contributed by atoms with van der Waals surface area (Å²) in [5.74, 6) is 1.77. The van der Waals surface area contributed by atoms with Crippen molar-refractivity contribution >= 4 is 5.78 Å². The van der Waals surface area contributed by atoms with Gasteiger partial charge < -0.3 is 14.2 Å². The Balaban J connectivity index is 1.71. The number of pyridine rings is 1. The van der Waals surface area contributed by atoms with Crippen LogP contribution >= 0.6 is 0 Å². The van der Waals surface area contributed by atoms with E-state index in [1.54, 1.807) is 31.4 Å². The molecule has 0 amide bonds. The quantitative estimate of drug-likeness (QED) is 0.853. The minimum Gasteiger partial charge on any atom is -0.487 e. The fourth-order valence-electron chi connectivity index (χ4n) is 1.97. The maximum atomic E-state index is 11.4. The van der Waals surface area contributed by atoms with E-state index in [2.05, 4.69) is 4.98 Å². The Hall–Kier alpha value is -2.56. The molecule has 3 rings (SSSR count). The molecule has 1 aromatic heterocycles. The first-order valence-corrected chi connectivity index (χ1v) is 6.19. The predicted molar refractivity (Wildman–Crippen MR) is 71.4 cm³/mol. The number of Topliss-reactive ketones (excluding diaryl/α,β-unsaturated/α-hetero) is 1. The molecule has 5 heteroatoms. The van der Waals surface area contributed by atoms with Gasteiger partial charge in [0, 0.05) is 12.1 Å². The Kier molecular flexibility index (Phi) is 3.25. The fraction of sp³-hybridized carbons (Fsp3) is 0.200. The highest BCUT2D eigenvalue weighted by atomic mass is 16.5. The molecule has 0 atom stereocenters. The molecule has 0 unspecified atom stereocenters. The van der Waals surface area contributed by atoms with Crippen molar-refractivity contribution in [2.24, 2.45) is 0 Å². The number of benzene rings is 1. The molecule has 0 radical (unpaired) electrons. The summed E-state index contributed by atoms with van der Waals surface area (Å²) in [5, 5.41) is 0. The second-order valence-corrected chi connectivity index (χ2v) is 4.33. The summed E-state index contributed by atoms with van der Waals surface area (Å²) in [6, 6.07) is 10.7. The van der Waals surface area contributed by atoms with Crippen LogP contribution in [0.4, 0.5) is 0 Å². The number of hydrogen-bond acceptors (Lipinski definition) is 5. The molecule has 2 aromatic rings. The van der Waals surface area contributed by atoms with E-state index < -0.39 is 0 Å². The van der Waals surface area contributed by atoms with E-state index in [0.717, 1.165) is 5.69 Å². The van der Waals surface area contributed by atoms with Crippen LogP contribution < -0.4 is 14.2 Å². The van der Waals surface area contributed by atoms with Gasteiger partial charge in [-0.3, -0.25) is 4.79 Å². The van der Waals surface area contributed by atoms with Gasteiger partial charge in [0.1, 0.15) is 18.1 Å². The van der Waals surface area contributed by atoms with Crippen LogP contribution in [0.5, 0.6) is 17.4 Å². The third-order valence-corrected chi connectivity index (χ3v) is 2.99. The van der Waals surface area contributed by atoms with Gasteiger partial charge in [0.05, 0.1) is 18.4 Å². The van der Waals surface area contributed by atoms with Gasteiger partial charge in [0.2, 0.25) is 11.7 Å². The van der Waals surface area contributed by atoms with Crippen LogP contribution in [-0.4, -0.2) is 24.5 Å². The number of ether oxygens (including phenoxy) is 3. The molecule has 0 saturated heterocycles. The van der Waals surface area contributed by atoms with E-state index in [9.17, 15) is 4.79 Å². The molecule has 0 bridgehead atoms. The summed E-state index contributed by atoms with van der Waals surface area (Å²) < 4.78 is 16.0. The molecule has 1 aromatic carbocycles. The molecule has 0 fully saturated rings.